The summed E-state index contributed by atoms with van der Waals surface area (Å²) in [6.07, 6.45) is 4.76. The third-order valence-corrected chi connectivity index (χ3v) is 5.86. The van der Waals surface area contributed by atoms with Gasteiger partial charge in [-0.25, -0.2) is 0 Å². The van der Waals surface area contributed by atoms with Crippen molar-refractivity contribution in [2.45, 2.75) is 56.3 Å². The number of hydrogen-bond acceptors (Lipinski definition) is 4. The summed E-state index contributed by atoms with van der Waals surface area (Å²) in [4.78, 5) is 10.7. The molecular formula is C23H26O5. The summed E-state index contributed by atoms with van der Waals surface area (Å²) in [5.41, 5.74) is 0.756. The van der Waals surface area contributed by atoms with Crippen LogP contribution in [0.1, 0.15) is 44.1 Å². The van der Waals surface area contributed by atoms with Gasteiger partial charge in [0.25, 0.3) is 0 Å². The van der Waals surface area contributed by atoms with Crippen molar-refractivity contribution in [3.05, 3.63) is 60.2 Å². The number of ether oxygens (including phenoxy) is 3. The van der Waals surface area contributed by atoms with E-state index in [9.17, 15) is 4.79 Å². The second kappa shape index (κ2) is 7.94. The van der Waals surface area contributed by atoms with Crippen LogP contribution < -0.4 is 4.74 Å². The molecule has 0 saturated heterocycles. The Morgan fingerprint density at radius 3 is 2.29 bits per heavy atom. The number of aliphatic carboxylic acids is 1. The van der Waals surface area contributed by atoms with E-state index in [0.717, 1.165) is 49.2 Å². The summed E-state index contributed by atoms with van der Waals surface area (Å²) >= 11 is 0. The molecule has 148 valence electrons. The minimum absolute atomic E-state index is 0.0593. The Morgan fingerprint density at radius 2 is 1.57 bits per heavy atom. The molecule has 4 rings (SSSR count). The summed E-state index contributed by atoms with van der Waals surface area (Å²) in [6, 6.07) is 17.7. The Morgan fingerprint density at radius 1 is 0.893 bits per heavy atom. The highest BCUT2D eigenvalue weighted by atomic mass is 16.5. The molecule has 0 radical (unpaired) electrons. The van der Waals surface area contributed by atoms with Crippen LogP contribution in [0.15, 0.2) is 54.6 Å². The Labute approximate surface area is 165 Å². The minimum atomic E-state index is -0.812. The van der Waals surface area contributed by atoms with E-state index in [-0.39, 0.29) is 24.2 Å². The van der Waals surface area contributed by atoms with Gasteiger partial charge in [0.1, 0.15) is 11.5 Å². The molecule has 0 amide bonds. The molecule has 2 aromatic rings. The highest BCUT2D eigenvalue weighted by Crippen LogP contribution is 2.54. The summed E-state index contributed by atoms with van der Waals surface area (Å²) < 4.78 is 18.3. The van der Waals surface area contributed by atoms with Gasteiger partial charge in [-0.3, -0.25) is 4.79 Å². The monoisotopic (exact) mass is 382 g/mol. The molecule has 0 spiro atoms. The van der Waals surface area contributed by atoms with Crippen LogP contribution >= 0.6 is 0 Å². The normalized spacial score (nSPS) is 25.7. The molecule has 2 saturated carbocycles. The quantitative estimate of drug-likeness (QED) is 0.665. The standard InChI is InChI=1S/C23H26O5/c24-21(25)9-14-26-22-10-12-23(17-22,13-11-22)27-16-18-5-4-8-20(15-18)28-19-6-2-1-3-7-19/h1-8,15H,9-14,16-17H2,(H,24,25). The second-order valence-corrected chi connectivity index (χ2v) is 7.89. The molecule has 0 unspecified atom stereocenters. The van der Waals surface area contributed by atoms with Gasteiger partial charge < -0.3 is 19.3 Å². The van der Waals surface area contributed by atoms with E-state index in [0.29, 0.717) is 6.61 Å². The van der Waals surface area contributed by atoms with Crippen molar-refractivity contribution < 1.29 is 24.1 Å². The number of fused-ring (bicyclic) bond motifs is 2. The van der Waals surface area contributed by atoms with Crippen LogP contribution in [0.2, 0.25) is 0 Å². The molecule has 5 heteroatoms. The van der Waals surface area contributed by atoms with Crippen LogP contribution in [0.3, 0.4) is 0 Å². The van der Waals surface area contributed by atoms with Gasteiger partial charge in [0.2, 0.25) is 0 Å². The first-order chi connectivity index (χ1) is 13.6. The van der Waals surface area contributed by atoms with E-state index >= 15 is 0 Å². The molecular weight excluding hydrogens is 356 g/mol. The molecule has 0 heterocycles. The van der Waals surface area contributed by atoms with Gasteiger partial charge in [-0.1, -0.05) is 30.3 Å². The van der Waals surface area contributed by atoms with Crippen molar-refractivity contribution >= 4 is 5.97 Å². The number of carboxylic acid groups (broad SMARTS) is 1. The van der Waals surface area contributed by atoms with Gasteiger partial charge in [-0.2, -0.15) is 0 Å². The molecule has 28 heavy (non-hydrogen) atoms. The van der Waals surface area contributed by atoms with Crippen molar-refractivity contribution in [2.24, 2.45) is 0 Å². The first-order valence-electron chi connectivity index (χ1n) is 9.88. The predicted molar refractivity (Wildman–Crippen MR) is 104 cm³/mol. The van der Waals surface area contributed by atoms with Crippen molar-refractivity contribution in [3.8, 4) is 11.5 Å². The van der Waals surface area contributed by atoms with Crippen molar-refractivity contribution in [2.75, 3.05) is 6.61 Å². The van der Waals surface area contributed by atoms with Crippen LogP contribution in [0.25, 0.3) is 0 Å². The lowest BCUT2D eigenvalue weighted by atomic mass is 9.95. The number of carboxylic acids is 1. The zero-order valence-electron chi connectivity index (χ0n) is 15.9. The molecule has 2 aliphatic rings. The molecule has 5 nitrogen and oxygen atoms in total. The van der Waals surface area contributed by atoms with Gasteiger partial charge in [0.15, 0.2) is 0 Å². The molecule has 0 aliphatic heterocycles. The highest BCUT2D eigenvalue weighted by Gasteiger charge is 2.56. The average molecular weight is 382 g/mol. The fraction of sp³-hybridized carbons (Fsp3) is 0.435. The molecule has 2 fully saturated rings. The van der Waals surface area contributed by atoms with Crippen molar-refractivity contribution in [3.63, 3.8) is 0 Å². The van der Waals surface area contributed by atoms with Gasteiger partial charge in [0, 0.05) is 6.42 Å². The van der Waals surface area contributed by atoms with Gasteiger partial charge >= 0.3 is 5.97 Å². The molecule has 2 aliphatic carbocycles. The number of hydrogen-bond donors (Lipinski definition) is 1. The molecule has 2 bridgehead atoms. The fourth-order valence-corrected chi connectivity index (χ4v) is 4.41. The zero-order chi connectivity index (χ0) is 19.5. The third kappa shape index (κ3) is 4.37. The Kier molecular flexibility index (Phi) is 5.38. The molecule has 2 aromatic carbocycles. The van der Waals surface area contributed by atoms with Crippen molar-refractivity contribution in [1.29, 1.82) is 0 Å². The van der Waals surface area contributed by atoms with Gasteiger partial charge in [0.05, 0.1) is 30.8 Å². The first-order valence-corrected chi connectivity index (χ1v) is 9.88. The summed E-state index contributed by atoms with van der Waals surface area (Å²) in [5, 5.41) is 8.82. The maximum absolute atomic E-state index is 10.7. The maximum Gasteiger partial charge on any atom is 0.305 e. The van der Waals surface area contributed by atoms with E-state index in [2.05, 4.69) is 6.07 Å². The van der Waals surface area contributed by atoms with E-state index in [1.807, 2.05) is 48.5 Å². The molecule has 1 N–H and O–H groups in total. The Balaban J connectivity index is 1.33. The number of rotatable bonds is 9. The minimum Gasteiger partial charge on any atom is -0.481 e. The second-order valence-electron chi connectivity index (χ2n) is 7.89. The Bertz CT molecular complexity index is 809. The molecule has 0 aromatic heterocycles. The maximum atomic E-state index is 10.7. The highest BCUT2D eigenvalue weighted by molar-refractivity contribution is 5.66. The number of benzene rings is 2. The van der Waals surface area contributed by atoms with E-state index in [1.165, 1.54) is 0 Å². The average Bonchev–Trinajstić information content (AvgIpc) is 3.24. The van der Waals surface area contributed by atoms with Crippen molar-refractivity contribution in [1.82, 2.24) is 0 Å². The first kappa shape index (κ1) is 19.0. The fourth-order valence-electron chi connectivity index (χ4n) is 4.41. The predicted octanol–water partition coefficient (Wildman–Crippen LogP) is 4.94. The summed E-state index contributed by atoms with van der Waals surface area (Å²) in [7, 11) is 0. The Hall–Kier alpha value is -2.37. The summed E-state index contributed by atoms with van der Waals surface area (Å²) in [5.74, 6) is 0.801. The number of para-hydroxylation sites is 1. The lowest BCUT2D eigenvalue weighted by molar-refractivity contribution is -0.140. The topological polar surface area (TPSA) is 65.0 Å². The largest absolute Gasteiger partial charge is 0.481 e. The smallest absolute Gasteiger partial charge is 0.305 e. The SMILES string of the molecule is O=C(O)CCOC12CCC(OCc3cccc(Oc4ccccc4)c3)(CC1)C2. The lowest BCUT2D eigenvalue weighted by Crippen LogP contribution is -2.27. The summed E-state index contributed by atoms with van der Waals surface area (Å²) in [6.45, 7) is 0.821. The third-order valence-electron chi connectivity index (χ3n) is 5.86. The van der Waals surface area contributed by atoms with Crippen LogP contribution in [0.4, 0.5) is 0 Å². The zero-order valence-corrected chi connectivity index (χ0v) is 15.9. The van der Waals surface area contributed by atoms with Crippen LogP contribution in [0.5, 0.6) is 11.5 Å². The van der Waals surface area contributed by atoms with Gasteiger partial charge in [-0.05, 0) is 55.5 Å². The van der Waals surface area contributed by atoms with E-state index in [4.69, 9.17) is 19.3 Å². The van der Waals surface area contributed by atoms with E-state index in [1.54, 1.807) is 0 Å². The van der Waals surface area contributed by atoms with Crippen LogP contribution in [-0.4, -0.2) is 28.9 Å². The van der Waals surface area contributed by atoms with E-state index < -0.39 is 5.97 Å². The van der Waals surface area contributed by atoms with Crippen LogP contribution in [-0.2, 0) is 20.9 Å². The lowest BCUT2D eigenvalue weighted by Gasteiger charge is -2.28. The molecule has 0 atom stereocenters. The van der Waals surface area contributed by atoms with Crippen LogP contribution in [0, 0.1) is 0 Å². The number of carbonyl (C=O) groups is 1. The van der Waals surface area contributed by atoms with Gasteiger partial charge in [-0.15, -0.1) is 0 Å².